The van der Waals surface area contributed by atoms with Crippen LogP contribution < -0.4 is 15.0 Å². The van der Waals surface area contributed by atoms with E-state index in [-0.39, 0.29) is 0 Å². The summed E-state index contributed by atoms with van der Waals surface area (Å²) < 4.78 is 5.55. The van der Waals surface area contributed by atoms with Gasteiger partial charge in [-0.25, -0.2) is 19.9 Å². The number of aliphatic hydroxyl groups excluding tert-OH is 1. The van der Waals surface area contributed by atoms with E-state index < -0.39 is 6.10 Å². The fourth-order valence-electron chi connectivity index (χ4n) is 4.03. The fourth-order valence-corrected chi connectivity index (χ4v) is 4.03. The van der Waals surface area contributed by atoms with E-state index in [1.54, 1.807) is 44.0 Å². The Labute approximate surface area is 195 Å². The molecule has 5 heterocycles. The van der Waals surface area contributed by atoms with Crippen molar-refractivity contribution in [2.24, 2.45) is 0 Å². The summed E-state index contributed by atoms with van der Waals surface area (Å²) in [6.07, 6.45) is 7.78. The maximum Gasteiger partial charge on any atom is 0.162 e. The maximum atomic E-state index is 10.3. The molecular weight excluding hydrogens is 432 g/mol. The normalized spacial score (nSPS) is 15.7. The number of nitrogens with zero attached hydrogens (tertiary/aromatic N) is 7. The molecule has 2 N–H and O–H groups in total. The number of hydrogen-bond acceptors (Lipinski definition) is 10. The van der Waals surface area contributed by atoms with E-state index in [0.717, 1.165) is 30.3 Å². The Morgan fingerprint density at radius 1 is 1.15 bits per heavy atom. The minimum absolute atomic E-state index is 0.413. The van der Waals surface area contributed by atoms with Crippen LogP contribution in [0.2, 0.25) is 0 Å². The summed E-state index contributed by atoms with van der Waals surface area (Å²) in [5.41, 5.74) is 1.90. The number of aliphatic hydroxyl groups is 1. The third kappa shape index (κ3) is 4.29. The van der Waals surface area contributed by atoms with Crippen LogP contribution in [0, 0.1) is 11.3 Å². The Bertz CT molecular complexity index is 1390. The van der Waals surface area contributed by atoms with Gasteiger partial charge < -0.3 is 20.1 Å². The van der Waals surface area contributed by atoms with E-state index >= 15 is 0 Å². The molecule has 0 aromatic carbocycles. The molecule has 10 heteroatoms. The molecule has 1 unspecified atom stereocenters. The predicted octanol–water partition coefficient (Wildman–Crippen LogP) is 3.07. The Balaban J connectivity index is 1.57. The molecule has 0 spiro atoms. The van der Waals surface area contributed by atoms with Gasteiger partial charge in [0, 0.05) is 31.0 Å². The number of hydrogen-bond donors (Lipinski definition) is 2. The van der Waals surface area contributed by atoms with Crippen LogP contribution in [0.4, 0.5) is 17.5 Å². The highest BCUT2D eigenvalue weighted by Crippen LogP contribution is 2.35. The Hall–Kier alpha value is -4.36. The maximum absolute atomic E-state index is 10.3. The molecule has 5 rings (SSSR count). The highest BCUT2D eigenvalue weighted by molar-refractivity contribution is 5.95. The number of anilines is 3. The summed E-state index contributed by atoms with van der Waals surface area (Å²) in [6, 6.07) is 9.04. The topological polar surface area (TPSA) is 133 Å². The first-order valence-electron chi connectivity index (χ1n) is 10.9. The van der Waals surface area contributed by atoms with Crippen LogP contribution in [0.1, 0.15) is 18.4 Å². The zero-order valence-electron chi connectivity index (χ0n) is 18.5. The molecule has 1 aliphatic rings. The summed E-state index contributed by atoms with van der Waals surface area (Å²) >= 11 is 0. The van der Waals surface area contributed by atoms with Crippen LogP contribution in [0.15, 0.2) is 49.1 Å². The molecule has 10 nitrogen and oxygen atoms in total. The zero-order chi connectivity index (χ0) is 23.5. The second-order valence-corrected chi connectivity index (χ2v) is 7.95. The summed E-state index contributed by atoms with van der Waals surface area (Å²) in [5.74, 6) is 2.84. The van der Waals surface area contributed by atoms with Crippen LogP contribution in [-0.2, 0) is 0 Å². The molecule has 170 valence electrons. The lowest BCUT2D eigenvalue weighted by molar-refractivity contribution is 0.154. The highest BCUT2D eigenvalue weighted by Gasteiger charge is 2.24. The van der Waals surface area contributed by atoms with Crippen LogP contribution >= 0.6 is 0 Å². The number of ether oxygens (including phenoxy) is 1. The van der Waals surface area contributed by atoms with E-state index in [1.165, 1.54) is 0 Å². The number of β-amino-alcohol motifs (C(OH)–C–C–N with tert-alkyl or cyclic N) is 1. The van der Waals surface area contributed by atoms with Gasteiger partial charge in [0.2, 0.25) is 0 Å². The molecule has 1 fully saturated rings. The van der Waals surface area contributed by atoms with Gasteiger partial charge in [-0.05, 0) is 37.1 Å². The van der Waals surface area contributed by atoms with Crippen molar-refractivity contribution in [3.63, 3.8) is 0 Å². The lowest BCUT2D eigenvalue weighted by Gasteiger charge is -2.32. The molecule has 1 saturated heterocycles. The Morgan fingerprint density at radius 2 is 1.97 bits per heavy atom. The minimum Gasteiger partial charge on any atom is -0.494 e. The first-order valence-corrected chi connectivity index (χ1v) is 10.9. The van der Waals surface area contributed by atoms with Crippen molar-refractivity contribution in [1.82, 2.24) is 24.9 Å². The Morgan fingerprint density at radius 3 is 2.76 bits per heavy atom. The average molecular weight is 454 g/mol. The van der Waals surface area contributed by atoms with Gasteiger partial charge in [0.25, 0.3) is 0 Å². The summed E-state index contributed by atoms with van der Waals surface area (Å²) in [4.78, 5) is 24.6. The van der Waals surface area contributed by atoms with Crippen molar-refractivity contribution < 1.29 is 9.84 Å². The quantitative estimate of drug-likeness (QED) is 0.463. The van der Waals surface area contributed by atoms with Crippen LogP contribution in [0.5, 0.6) is 5.75 Å². The zero-order valence-corrected chi connectivity index (χ0v) is 18.5. The minimum atomic E-state index is -0.413. The summed E-state index contributed by atoms with van der Waals surface area (Å²) in [5, 5.41) is 23.3. The van der Waals surface area contributed by atoms with Gasteiger partial charge in [0.15, 0.2) is 5.82 Å². The number of aromatic nitrogens is 5. The number of methoxy groups -OCH3 is 1. The van der Waals surface area contributed by atoms with E-state index in [4.69, 9.17) is 20.0 Å². The standard InChI is InChI=1S/C24H22N8O2/c1-34-19-13-26-12-18-22(19)24(32-8-2-3-17(33)14-32)31-23(29-18)16-5-7-28-21(10-16)30-20-9-15(11-25)4-6-27-20/h4-7,9-10,12-13,17,33H,2-3,8,14H2,1H3,(H,27,28,30). The number of nitriles is 1. The predicted molar refractivity (Wildman–Crippen MR) is 127 cm³/mol. The monoisotopic (exact) mass is 454 g/mol. The van der Waals surface area contributed by atoms with Crippen molar-refractivity contribution >= 4 is 28.4 Å². The van der Waals surface area contributed by atoms with E-state index in [9.17, 15) is 5.11 Å². The number of pyridine rings is 3. The summed E-state index contributed by atoms with van der Waals surface area (Å²) in [6.45, 7) is 1.26. The number of fused-ring (bicyclic) bond motifs is 1. The Kier molecular flexibility index (Phi) is 5.84. The van der Waals surface area contributed by atoms with Crippen LogP contribution in [0.3, 0.4) is 0 Å². The van der Waals surface area contributed by atoms with Gasteiger partial charge in [-0.2, -0.15) is 5.26 Å². The smallest absolute Gasteiger partial charge is 0.162 e. The second kappa shape index (κ2) is 9.25. The molecular formula is C24H22N8O2. The third-order valence-corrected chi connectivity index (χ3v) is 5.63. The number of rotatable bonds is 5. The van der Waals surface area contributed by atoms with Gasteiger partial charge in [-0.15, -0.1) is 0 Å². The largest absolute Gasteiger partial charge is 0.494 e. The van der Waals surface area contributed by atoms with E-state index in [0.29, 0.717) is 46.7 Å². The molecule has 0 amide bonds. The summed E-state index contributed by atoms with van der Waals surface area (Å²) in [7, 11) is 1.59. The number of piperidine rings is 1. The molecule has 4 aromatic rings. The lowest BCUT2D eigenvalue weighted by Crippen LogP contribution is -2.39. The van der Waals surface area contributed by atoms with Gasteiger partial charge in [0.1, 0.15) is 23.2 Å². The highest BCUT2D eigenvalue weighted by atomic mass is 16.5. The van der Waals surface area contributed by atoms with Crippen LogP contribution in [-0.4, -0.2) is 56.3 Å². The van der Waals surface area contributed by atoms with Gasteiger partial charge in [-0.3, -0.25) is 4.98 Å². The van der Waals surface area contributed by atoms with E-state index in [1.807, 2.05) is 12.1 Å². The lowest BCUT2D eigenvalue weighted by atomic mass is 10.1. The molecule has 1 aliphatic heterocycles. The van der Waals surface area contributed by atoms with Gasteiger partial charge in [-0.1, -0.05) is 0 Å². The average Bonchev–Trinajstić information content (AvgIpc) is 2.88. The molecule has 4 aromatic heterocycles. The van der Waals surface area contributed by atoms with Crippen molar-refractivity contribution in [1.29, 1.82) is 5.26 Å². The van der Waals surface area contributed by atoms with Crippen LogP contribution in [0.25, 0.3) is 22.3 Å². The second-order valence-electron chi connectivity index (χ2n) is 7.95. The first kappa shape index (κ1) is 21.5. The molecule has 1 atom stereocenters. The SMILES string of the molecule is COc1cncc2nc(-c3ccnc(Nc4cc(C#N)ccn4)c3)nc(N3CCCC(O)C3)c12. The third-order valence-electron chi connectivity index (χ3n) is 5.63. The van der Waals surface area contributed by atoms with E-state index in [2.05, 4.69) is 31.2 Å². The molecule has 0 saturated carbocycles. The fraction of sp³-hybridized carbons (Fsp3) is 0.250. The molecule has 0 aliphatic carbocycles. The molecule has 34 heavy (non-hydrogen) atoms. The van der Waals surface area contributed by atoms with Crippen molar-refractivity contribution in [2.45, 2.75) is 18.9 Å². The first-order chi connectivity index (χ1) is 16.6. The number of nitrogens with one attached hydrogen (secondary N) is 1. The molecule has 0 bridgehead atoms. The van der Waals surface area contributed by atoms with Gasteiger partial charge in [0.05, 0.1) is 48.1 Å². The van der Waals surface area contributed by atoms with Crippen molar-refractivity contribution in [2.75, 3.05) is 30.4 Å². The molecule has 0 radical (unpaired) electrons. The van der Waals surface area contributed by atoms with Gasteiger partial charge >= 0.3 is 0 Å². The van der Waals surface area contributed by atoms with Crippen molar-refractivity contribution in [3.05, 3.63) is 54.6 Å². The van der Waals surface area contributed by atoms with Crippen molar-refractivity contribution in [3.8, 4) is 23.2 Å².